The van der Waals surface area contributed by atoms with Gasteiger partial charge in [-0.05, 0) is 72.6 Å². The molecule has 0 saturated heterocycles. The smallest absolute Gasteiger partial charge is 0.119 e. The van der Waals surface area contributed by atoms with Crippen molar-refractivity contribution in [1.82, 2.24) is 0 Å². The van der Waals surface area contributed by atoms with Gasteiger partial charge in [-0.15, -0.1) is 0 Å². The largest absolute Gasteiger partial charge is 0.494 e. The van der Waals surface area contributed by atoms with Crippen LogP contribution in [0.15, 0.2) is 60.7 Å². The van der Waals surface area contributed by atoms with Gasteiger partial charge in [-0.3, -0.25) is 0 Å². The summed E-state index contributed by atoms with van der Waals surface area (Å²) in [4.78, 5) is 0. The van der Waals surface area contributed by atoms with Crippen LogP contribution in [0.25, 0.3) is 10.8 Å². The molecule has 0 spiro atoms. The van der Waals surface area contributed by atoms with Crippen molar-refractivity contribution in [3.63, 3.8) is 0 Å². The number of rotatable bonds is 8. The molecule has 3 aromatic carbocycles. The number of ether oxygens (including phenoxy) is 2. The van der Waals surface area contributed by atoms with Crippen LogP contribution in [0, 0.1) is 11.8 Å². The van der Waals surface area contributed by atoms with Gasteiger partial charge < -0.3 is 9.47 Å². The Bertz CT molecular complexity index is 946. The van der Waals surface area contributed by atoms with E-state index in [9.17, 15) is 0 Å². The quantitative estimate of drug-likeness (QED) is 0.328. The molecule has 2 nitrogen and oxygen atoms in total. The zero-order chi connectivity index (χ0) is 19.6. The Kier molecular flexibility index (Phi) is 7.38. The van der Waals surface area contributed by atoms with Crippen molar-refractivity contribution in [3.05, 3.63) is 71.8 Å². The van der Waals surface area contributed by atoms with E-state index < -0.39 is 0 Å². The highest BCUT2D eigenvalue weighted by Gasteiger charge is 1.99. The van der Waals surface area contributed by atoms with Crippen LogP contribution in [0.4, 0.5) is 0 Å². The van der Waals surface area contributed by atoms with Crippen LogP contribution in [-0.2, 0) is 0 Å². The molecule has 0 heterocycles. The van der Waals surface area contributed by atoms with Crippen LogP contribution in [-0.4, -0.2) is 13.2 Å². The lowest BCUT2D eigenvalue weighted by atomic mass is 10.1. The van der Waals surface area contributed by atoms with E-state index in [-0.39, 0.29) is 0 Å². The van der Waals surface area contributed by atoms with Gasteiger partial charge in [0.05, 0.1) is 13.2 Å². The first-order chi connectivity index (χ1) is 13.8. The number of hydrogen-bond acceptors (Lipinski definition) is 2. The minimum absolute atomic E-state index is 0.674. The summed E-state index contributed by atoms with van der Waals surface area (Å²) in [5.41, 5.74) is 1.99. The van der Waals surface area contributed by atoms with Gasteiger partial charge in [-0.1, -0.05) is 50.2 Å². The summed E-state index contributed by atoms with van der Waals surface area (Å²) in [7, 11) is 0. The lowest BCUT2D eigenvalue weighted by molar-refractivity contribution is 0.305. The predicted octanol–water partition coefficient (Wildman–Crippen LogP) is 6.60. The topological polar surface area (TPSA) is 18.5 Å². The van der Waals surface area contributed by atoms with E-state index in [1.807, 2.05) is 37.3 Å². The molecule has 0 aliphatic carbocycles. The lowest BCUT2D eigenvalue weighted by Crippen LogP contribution is -1.97. The highest BCUT2D eigenvalue weighted by atomic mass is 16.5. The van der Waals surface area contributed by atoms with E-state index in [1.54, 1.807) is 0 Å². The van der Waals surface area contributed by atoms with Crippen molar-refractivity contribution in [1.29, 1.82) is 0 Å². The highest BCUT2D eigenvalue weighted by molar-refractivity contribution is 5.85. The first kappa shape index (κ1) is 19.8. The molecular weight excluding hydrogens is 344 g/mol. The normalized spacial score (nSPS) is 10.4. The van der Waals surface area contributed by atoms with E-state index in [2.05, 4.69) is 49.1 Å². The molecule has 3 rings (SSSR count). The molecule has 0 aliphatic rings. The molecule has 28 heavy (non-hydrogen) atoms. The average Bonchev–Trinajstić information content (AvgIpc) is 2.73. The number of unbranched alkanes of at least 4 members (excludes halogenated alkanes) is 3. The first-order valence-electron chi connectivity index (χ1n) is 10.2. The second kappa shape index (κ2) is 10.4. The van der Waals surface area contributed by atoms with Gasteiger partial charge in [0.25, 0.3) is 0 Å². The number of fused-ring (bicyclic) bond motifs is 1. The van der Waals surface area contributed by atoms with Gasteiger partial charge in [0, 0.05) is 11.1 Å². The van der Waals surface area contributed by atoms with Gasteiger partial charge >= 0.3 is 0 Å². The van der Waals surface area contributed by atoms with E-state index >= 15 is 0 Å². The fraction of sp³-hybridized carbons (Fsp3) is 0.308. The lowest BCUT2D eigenvalue weighted by Gasteiger charge is -2.07. The van der Waals surface area contributed by atoms with Gasteiger partial charge in [0.15, 0.2) is 0 Å². The minimum atomic E-state index is 0.674. The third-order valence-electron chi connectivity index (χ3n) is 4.59. The van der Waals surface area contributed by atoms with Crippen molar-refractivity contribution >= 4 is 10.8 Å². The molecular formula is C26H28O2. The van der Waals surface area contributed by atoms with Crippen LogP contribution >= 0.6 is 0 Å². The zero-order valence-electron chi connectivity index (χ0n) is 16.8. The molecule has 0 fully saturated rings. The molecule has 2 heteroatoms. The van der Waals surface area contributed by atoms with Crippen molar-refractivity contribution in [3.8, 4) is 23.3 Å². The Hall–Kier alpha value is -2.92. The van der Waals surface area contributed by atoms with Gasteiger partial charge in [0.2, 0.25) is 0 Å². The van der Waals surface area contributed by atoms with Gasteiger partial charge in [0.1, 0.15) is 11.5 Å². The molecule has 0 atom stereocenters. The SMILES string of the molecule is CCCCCCOc1ccc2cc(C#Cc3ccc(OCC)cc3)ccc2c1. The average molecular weight is 373 g/mol. The highest BCUT2D eigenvalue weighted by Crippen LogP contribution is 2.22. The van der Waals surface area contributed by atoms with Crippen molar-refractivity contribution in [2.75, 3.05) is 13.2 Å². The van der Waals surface area contributed by atoms with E-state index in [0.29, 0.717) is 6.61 Å². The van der Waals surface area contributed by atoms with E-state index in [0.717, 1.165) is 35.7 Å². The summed E-state index contributed by atoms with van der Waals surface area (Å²) < 4.78 is 11.3. The van der Waals surface area contributed by atoms with Crippen LogP contribution in [0.2, 0.25) is 0 Å². The number of benzene rings is 3. The Balaban J connectivity index is 1.65. The Morgan fingerprint density at radius 1 is 0.643 bits per heavy atom. The molecule has 0 radical (unpaired) electrons. The summed E-state index contributed by atoms with van der Waals surface area (Å²) in [6.07, 6.45) is 4.88. The van der Waals surface area contributed by atoms with Crippen LogP contribution in [0.1, 0.15) is 50.7 Å². The maximum atomic E-state index is 5.88. The summed E-state index contributed by atoms with van der Waals surface area (Å²) in [6.45, 7) is 5.67. The third-order valence-corrected chi connectivity index (χ3v) is 4.59. The second-order valence-corrected chi connectivity index (χ2v) is 6.84. The van der Waals surface area contributed by atoms with Crippen molar-refractivity contribution < 1.29 is 9.47 Å². The zero-order valence-corrected chi connectivity index (χ0v) is 16.8. The van der Waals surface area contributed by atoms with Crippen molar-refractivity contribution in [2.24, 2.45) is 0 Å². The summed E-state index contributed by atoms with van der Waals surface area (Å²) in [6, 6.07) is 20.5. The summed E-state index contributed by atoms with van der Waals surface area (Å²) in [5, 5.41) is 2.36. The molecule has 0 aliphatic heterocycles. The van der Waals surface area contributed by atoms with E-state index in [4.69, 9.17) is 9.47 Å². The summed E-state index contributed by atoms with van der Waals surface area (Å²) in [5.74, 6) is 8.29. The molecule has 3 aromatic rings. The molecule has 0 amide bonds. The molecule has 0 aromatic heterocycles. The first-order valence-corrected chi connectivity index (χ1v) is 10.2. The maximum absolute atomic E-state index is 5.88. The molecule has 0 unspecified atom stereocenters. The molecule has 0 N–H and O–H groups in total. The van der Waals surface area contributed by atoms with E-state index in [1.165, 1.54) is 30.0 Å². The second-order valence-electron chi connectivity index (χ2n) is 6.84. The number of hydrogen-bond donors (Lipinski definition) is 0. The molecule has 144 valence electrons. The Morgan fingerprint density at radius 3 is 2.11 bits per heavy atom. The fourth-order valence-electron chi connectivity index (χ4n) is 3.06. The standard InChI is InChI=1S/C26H28O2/c1-3-5-6-7-18-28-26-17-14-23-19-22(10-13-24(23)20-26)9-8-21-11-15-25(16-12-21)27-4-2/h10-17,19-20H,3-7,18H2,1-2H3. The van der Waals surface area contributed by atoms with Crippen LogP contribution < -0.4 is 9.47 Å². The molecule has 0 bridgehead atoms. The fourth-order valence-corrected chi connectivity index (χ4v) is 3.06. The molecule has 0 saturated carbocycles. The third kappa shape index (κ3) is 5.79. The Labute approximate surface area is 168 Å². The van der Waals surface area contributed by atoms with Gasteiger partial charge in [-0.25, -0.2) is 0 Å². The van der Waals surface area contributed by atoms with Crippen LogP contribution in [0.5, 0.6) is 11.5 Å². The maximum Gasteiger partial charge on any atom is 0.119 e. The summed E-state index contributed by atoms with van der Waals surface area (Å²) >= 11 is 0. The monoisotopic (exact) mass is 372 g/mol. The minimum Gasteiger partial charge on any atom is -0.494 e. The predicted molar refractivity (Wildman–Crippen MR) is 117 cm³/mol. The van der Waals surface area contributed by atoms with Crippen LogP contribution in [0.3, 0.4) is 0 Å². The van der Waals surface area contributed by atoms with Gasteiger partial charge in [-0.2, -0.15) is 0 Å². The van der Waals surface area contributed by atoms with Crippen molar-refractivity contribution in [2.45, 2.75) is 39.5 Å². The Morgan fingerprint density at radius 2 is 1.32 bits per heavy atom.